The molecule has 0 spiro atoms. The lowest BCUT2D eigenvalue weighted by Gasteiger charge is -2.20. The maximum Gasteiger partial charge on any atom is 0.516 e. The van der Waals surface area contributed by atoms with Crippen molar-refractivity contribution in [3.63, 3.8) is 0 Å². The lowest BCUT2D eigenvalue weighted by molar-refractivity contribution is -0.0429. The summed E-state index contributed by atoms with van der Waals surface area (Å²) < 4.78 is 72.6. The minimum atomic E-state index is -5.48. The SMILES string of the molecule is Cc1oc(-c2ccc(O)c(C(C)(C)C)c2)nc1CCOc1ccc(NS(=O)(=O)C(F)(F)F)cc1. The van der Waals surface area contributed by atoms with E-state index in [4.69, 9.17) is 9.15 Å². The van der Waals surface area contributed by atoms with Gasteiger partial charge in [-0.3, -0.25) is 4.72 Å². The first-order valence-corrected chi connectivity index (χ1v) is 11.8. The molecule has 2 aromatic carbocycles. The summed E-state index contributed by atoms with van der Waals surface area (Å²) in [5.74, 6) is 1.58. The molecule has 0 bridgehead atoms. The van der Waals surface area contributed by atoms with E-state index >= 15 is 0 Å². The van der Waals surface area contributed by atoms with Gasteiger partial charge in [-0.15, -0.1) is 0 Å². The average molecular weight is 499 g/mol. The second-order valence-electron chi connectivity index (χ2n) is 8.68. The van der Waals surface area contributed by atoms with Crippen LogP contribution in [-0.2, 0) is 21.9 Å². The summed E-state index contributed by atoms with van der Waals surface area (Å²) >= 11 is 0. The van der Waals surface area contributed by atoms with E-state index in [9.17, 15) is 26.7 Å². The number of phenols is 1. The number of sulfonamides is 1. The topological polar surface area (TPSA) is 102 Å². The number of nitrogens with zero attached hydrogens (tertiary/aromatic N) is 1. The van der Waals surface area contributed by atoms with Crippen LogP contribution in [0.25, 0.3) is 11.5 Å². The molecule has 0 saturated carbocycles. The molecular weight excluding hydrogens is 473 g/mol. The summed E-state index contributed by atoms with van der Waals surface area (Å²) in [4.78, 5) is 4.53. The summed E-state index contributed by atoms with van der Waals surface area (Å²) in [5.41, 5.74) is -3.72. The molecule has 2 N–H and O–H groups in total. The number of aromatic hydroxyl groups is 1. The van der Waals surface area contributed by atoms with E-state index < -0.39 is 15.5 Å². The van der Waals surface area contributed by atoms with Gasteiger partial charge in [-0.1, -0.05) is 20.8 Å². The van der Waals surface area contributed by atoms with Crippen LogP contribution in [-0.4, -0.2) is 30.6 Å². The van der Waals surface area contributed by atoms with Gasteiger partial charge < -0.3 is 14.3 Å². The van der Waals surface area contributed by atoms with Crippen molar-refractivity contribution in [1.29, 1.82) is 0 Å². The molecule has 1 aromatic heterocycles. The van der Waals surface area contributed by atoms with E-state index in [1.807, 2.05) is 26.8 Å². The number of alkyl halides is 3. The number of ether oxygens (including phenoxy) is 1. The van der Waals surface area contributed by atoms with Gasteiger partial charge >= 0.3 is 15.5 Å². The first-order valence-electron chi connectivity index (χ1n) is 10.3. The minimum Gasteiger partial charge on any atom is -0.508 e. The molecule has 11 heteroatoms. The van der Waals surface area contributed by atoms with Crippen LogP contribution >= 0.6 is 0 Å². The number of aromatic nitrogens is 1. The van der Waals surface area contributed by atoms with Gasteiger partial charge in [-0.05, 0) is 54.8 Å². The van der Waals surface area contributed by atoms with Crippen molar-refractivity contribution in [1.82, 2.24) is 4.98 Å². The summed E-state index contributed by atoms with van der Waals surface area (Å²) in [6.07, 6.45) is 0.405. The lowest BCUT2D eigenvalue weighted by Crippen LogP contribution is -2.29. The van der Waals surface area contributed by atoms with Crippen molar-refractivity contribution in [3.05, 3.63) is 59.5 Å². The molecule has 184 valence electrons. The Kier molecular flexibility index (Phi) is 6.88. The molecule has 0 atom stereocenters. The van der Waals surface area contributed by atoms with Crippen LogP contribution in [0.3, 0.4) is 0 Å². The Bertz CT molecular complexity index is 1260. The Balaban J connectivity index is 1.64. The normalized spacial score (nSPS) is 12.6. The molecule has 0 fully saturated rings. The zero-order valence-corrected chi connectivity index (χ0v) is 19.8. The van der Waals surface area contributed by atoms with Crippen LogP contribution in [0, 0.1) is 6.92 Å². The van der Waals surface area contributed by atoms with E-state index in [-0.39, 0.29) is 23.5 Å². The molecule has 3 rings (SSSR count). The average Bonchev–Trinajstić information content (AvgIpc) is 3.08. The molecule has 0 aliphatic heterocycles. The highest BCUT2D eigenvalue weighted by Crippen LogP contribution is 2.34. The maximum atomic E-state index is 12.5. The van der Waals surface area contributed by atoms with Gasteiger partial charge in [0.1, 0.15) is 17.3 Å². The number of aryl methyl sites for hydroxylation is 1. The Labute approximate surface area is 195 Å². The zero-order chi connectivity index (χ0) is 25.3. The number of benzene rings is 2. The molecule has 0 aliphatic rings. The zero-order valence-electron chi connectivity index (χ0n) is 19.0. The molecule has 0 amide bonds. The van der Waals surface area contributed by atoms with Crippen LogP contribution in [0.15, 0.2) is 46.9 Å². The van der Waals surface area contributed by atoms with Gasteiger partial charge in [0.05, 0.1) is 12.3 Å². The molecule has 0 saturated heterocycles. The third-order valence-corrected chi connectivity index (χ3v) is 6.08. The summed E-state index contributed by atoms with van der Waals surface area (Å²) in [6.45, 7) is 7.97. The van der Waals surface area contributed by atoms with Crippen molar-refractivity contribution in [2.45, 2.75) is 45.0 Å². The van der Waals surface area contributed by atoms with Gasteiger partial charge in [0.15, 0.2) is 0 Å². The number of halogens is 3. The highest BCUT2D eigenvalue weighted by molar-refractivity contribution is 7.93. The van der Waals surface area contributed by atoms with Gasteiger partial charge in [0.25, 0.3) is 0 Å². The Morgan fingerprint density at radius 2 is 1.74 bits per heavy atom. The Hall–Kier alpha value is -3.21. The van der Waals surface area contributed by atoms with Crippen molar-refractivity contribution >= 4 is 15.7 Å². The van der Waals surface area contributed by atoms with Gasteiger partial charge in [-0.2, -0.15) is 21.6 Å². The molecule has 0 radical (unpaired) electrons. The highest BCUT2D eigenvalue weighted by Gasteiger charge is 2.46. The van der Waals surface area contributed by atoms with Gasteiger partial charge in [0.2, 0.25) is 5.89 Å². The summed E-state index contributed by atoms with van der Waals surface area (Å²) in [7, 11) is -5.48. The van der Waals surface area contributed by atoms with Gasteiger partial charge in [0, 0.05) is 23.2 Å². The molecule has 0 unspecified atom stereocenters. The van der Waals surface area contributed by atoms with Crippen LogP contribution in [0.5, 0.6) is 11.5 Å². The van der Waals surface area contributed by atoms with Crippen molar-refractivity contribution in [2.75, 3.05) is 11.3 Å². The number of hydrogen-bond acceptors (Lipinski definition) is 6. The first-order chi connectivity index (χ1) is 15.7. The maximum absolute atomic E-state index is 12.5. The molecule has 34 heavy (non-hydrogen) atoms. The van der Waals surface area contributed by atoms with E-state index in [2.05, 4.69) is 4.98 Å². The summed E-state index contributed by atoms with van der Waals surface area (Å²) in [5, 5.41) is 10.2. The number of phenolic OH excluding ortho intramolecular Hbond substituents is 1. The number of nitrogens with one attached hydrogen (secondary N) is 1. The standard InChI is InChI=1S/C23H25F3N2O5S/c1-14-19(27-21(33-14)15-5-10-20(29)18(13-15)22(2,3)4)11-12-32-17-8-6-16(7-9-17)28-34(30,31)23(24,25)26/h5-10,13,28-29H,11-12H2,1-4H3. The van der Waals surface area contributed by atoms with Gasteiger partial charge in [-0.25, -0.2) is 4.98 Å². The van der Waals surface area contributed by atoms with E-state index in [0.29, 0.717) is 29.5 Å². The lowest BCUT2D eigenvalue weighted by atomic mass is 9.85. The van der Waals surface area contributed by atoms with Crippen molar-refractivity contribution in [2.24, 2.45) is 0 Å². The second-order valence-corrected chi connectivity index (χ2v) is 10.4. The van der Waals surface area contributed by atoms with E-state index in [1.165, 1.54) is 29.0 Å². The predicted molar refractivity (Wildman–Crippen MR) is 121 cm³/mol. The fourth-order valence-corrected chi connectivity index (χ4v) is 3.71. The molecular formula is C23H25F3N2O5S. The predicted octanol–water partition coefficient (Wildman–Crippen LogP) is 5.54. The second kappa shape index (κ2) is 9.21. The quantitative estimate of drug-likeness (QED) is 0.444. The molecule has 0 aliphatic carbocycles. The number of rotatable bonds is 7. The fraction of sp³-hybridized carbons (Fsp3) is 0.348. The Morgan fingerprint density at radius 3 is 2.32 bits per heavy atom. The largest absolute Gasteiger partial charge is 0.516 e. The number of anilines is 1. The van der Waals surface area contributed by atoms with Crippen LogP contribution in [0.2, 0.25) is 0 Å². The first kappa shape index (κ1) is 25.4. The fourth-order valence-electron chi connectivity index (χ4n) is 3.15. The molecule has 7 nitrogen and oxygen atoms in total. The third kappa shape index (κ3) is 5.82. The minimum absolute atomic E-state index is 0.199. The number of hydrogen-bond donors (Lipinski definition) is 2. The van der Waals surface area contributed by atoms with Crippen molar-refractivity contribution < 1.29 is 35.8 Å². The highest BCUT2D eigenvalue weighted by atomic mass is 32.2. The smallest absolute Gasteiger partial charge is 0.508 e. The van der Waals surface area contributed by atoms with Crippen LogP contribution < -0.4 is 9.46 Å². The Morgan fingerprint density at radius 1 is 1.09 bits per heavy atom. The number of oxazole rings is 1. The van der Waals surface area contributed by atoms with E-state index in [1.54, 1.807) is 19.1 Å². The molecule has 3 aromatic rings. The van der Waals surface area contributed by atoms with E-state index in [0.717, 1.165) is 11.1 Å². The van der Waals surface area contributed by atoms with Crippen LogP contribution in [0.4, 0.5) is 18.9 Å². The molecule has 1 heterocycles. The van der Waals surface area contributed by atoms with Crippen LogP contribution in [0.1, 0.15) is 37.8 Å². The third-order valence-electron chi connectivity index (χ3n) is 4.96. The summed E-state index contributed by atoms with van der Waals surface area (Å²) in [6, 6.07) is 10.3. The monoisotopic (exact) mass is 498 g/mol. The van der Waals surface area contributed by atoms with Crippen molar-refractivity contribution in [3.8, 4) is 23.0 Å².